The summed E-state index contributed by atoms with van der Waals surface area (Å²) in [5, 5.41) is 0. The molecule has 0 saturated carbocycles. The largest absolute Gasteiger partial charge is 0.366 e. The molecule has 0 aliphatic heterocycles. The number of hydrogen-bond acceptors (Lipinski definition) is 1. The van der Waals surface area contributed by atoms with Crippen molar-refractivity contribution in [1.29, 1.82) is 0 Å². The molecule has 1 radical (unpaired) electrons. The minimum atomic E-state index is 0.892. The van der Waals surface area contributed by atoms with Gasteiger partial charge >= 0.3 is 0 Å². The van der Waals surface area contributed by atoms with Crippen molar-refractivity contribution in [2.45, 2.75) is 51.4 Å². The lowest BCUT2D eigenvalue weighted by atomic mass is 10.1. The average molecular weight is 189 g/mol. The van der Waals surface area contributed by atoms with Crippen LogP contribution in [-0.4, -0.2) is 6.61 Å². The van der Waals surface area contributed by atoms with Crippen molar-refractivity contribution in [1.82, 2.24) is 0 Å². The van der Waals surface area contributed by atoms with Gasteiger partial charge in [-0.2, -0.15) is 0 Å². The van der Waals surface area contributed by atoms with Crippen LogP contribution in [0.5, 0.6) is 0 Å². The molecule has 0 aromatic carbocycles. The zero-order chi connectivity index (χ0) is 9.07. The first-order chi connectivity index (χ1) is 5.91. The molecule has 73 valence electrons. The average Bonchev–Trinajstić information content (AvgIpc) is 2.10. The van der Waals surface area contributed by atoms with Crippen molar-refractivity contribution in [3.05, 3.63) is 6.92 Å². The minimum absolute atomic E-state index is 0.892. The summed E-state index contributed by atoms with van der Waals surface area (Å²) in [7, 11) is 2.29. The summed E-state index contributed by atoms with van der Waals surface area (Å²) < 4.78 is 4.90. The summed E-state index contributed by atoms with van der Waals surface area (Å²) >= 11 is 0. The van der Waals surface area contributed by atoms with E-state index in [1.54, 1.807) is 0 Å². The van der Waals surface area contributed by atoms with Gasteiger partial charge in [0, 0.05) is 9.47 Å². The molecule has 2 heteroatoms. The van der Waals surface area contributed by atoms with Crippen LogP contribution in [0.2, 0.25) is 0 Å². The molecular formula is C10H22OP. The first-order valence-electron chi connectivity index (χ1n) is 5.02. The fraction of sp³-hybridized carbons (Fsp3) is 0.900. The van der Waals surface area contributed by atoms with Crippen LogP contribution in [0.1, 0.15) is 51.4 Å². The Morgan fingerprint density at radius 3 is 1.83 bits per heavy atom. The summed E-state index contributed by atoms with van der Waals surface area (Å²) in [6.45, 7) is 4.72. The Hall–Kier alpha value is 0.390. The van der Waals surface area contributed by atoms with Gasteiger partial charge in [-0.1, -0.05) is 51.9 Å². The van der Waals surface area contributed by atoms with E-state index >= 15 is 0 Å². The topological polar surface area (TPSA) is 9.23 Å². The first-order valence-corrected chi connectivity index (χ1v) is 5.50. The van der Waals surface area contributed by atoms with E-state index in [-0.39, 0.29) is 0 Å². The molecule has 1 nitrogen and oxygen atoms in total. The van der Waals surface area contributed by atoms with E-state index in [0.717, 1.165) is 13.0 Å². The molecule has 1 unspecified atom stereocenters. The van der Waals surface area contributed by atoms with Crippen LogP contribution in [0.4, 0.5) is 0 Å². The molecule has 0 aliphatic rings. The molecule has 0 aromatic rings. The van der Waals surface area contributed by atoms with E-state index in [0.29, 0.717) is 0 Å². The first kappa shape index (κ1) is 12.4. The van der Waals surface area contributed by atoms with Crippen LogP contribution in [0.3, 0.4) is 0 Å². The second kappa shape index (κ2) is 11.4. The van der Waals surface area contributed by atoms with Gasteiger partial charge in [-0.25, -0.2) is 0 Å². The quantitative estimate of drug-likeness (QED) is 0.396. The van der Waals surface area contributed by atoms with E-state index in [9.17, 15) is 0 Å². The Kier molecular flexibility index (Phi) is 11.8. The fourth-order valence-electron chi connectivity index (χ4n) is 1.25. The molecule has 0 heterocycles. The van der Waals surface area contributed by atoms with Crippen LogP contribution in [0, 0.1) is 6.92 Å². The van der Waals surface area contributed by atoms with Crippen LogP contribution in [-0.2, 0) is 4.52 Å². The Balaban J connectivity index is 2.73. The zero-order valence-electron chi connectivity index (χ0n) is 8.06. The standard InChI is InChI=1S/C10H22OP/c1-2-3-4-5-6-7-8-9-10-11-12/h1-10,12H2. The molecule has 0 aromatic heterocycles. The van der Waals surface area contributed by atoms with E-state index in [1.165, 1.54) is 44.9 Å². The molecule has 0 amide bonds. The van der Waals surface area contributed by atoms with Crippen molar-refractivity contribution in [3.8, 4) is 0 Å². The Labute approximate surface area is 79.6 Å². The molecule has 0 saturated heterocycles. The molecule has 0 bridgehead atoms. The maximum Gasteiger partial charge on any atom is 0.0501 e. The predicted molar refractivity (Wildman–Crippen MR) is 58.0 cm³/mol. The molecule has 12 heavy (non-hydrogen) atoms. The lowest BCUT2D eigenvalue weighted by Gasteiger charge is -2.00. The van der Waals surface area contributed by atoms with Gasteiger partial charge in [-0.15, -0.1) is 0 Å². The Bertz CT molecular complexity index is 66.2. The van der Waals surface area contributed by atoms with Crippen molar-refractivity contribution in [3.63, 3.8) is 0 Å². The highest BCUT2D eigenvalue weighted by Gasteiger charge is 1.90. The third kappa shape index (κ3) is 10.4. The van der Waals surface area contributed by atoms with E-state index in [2.05, 4.69) is 16.4 Å². The summed E-state index contributed by atoms with van der Waals surface area (Å²) in [4.78, 5) is 0. The van der Waals surface area contributed by atoms with Crippen LogP contribution < -0.4 is 0 Å². The second-order valence-corrected chi connectivity index (χ2v) is 3.53. The molecule has 0 spiro atoms. The highest BCUT2D eigenvalue weighted by molar-refractivity contribution is 7.09. The van der Waals surface area contributed by atoms with Gasteiger partial charge in [0.05, 0.1) is 6.61 Å². The van der Waals surface area contributed by atoms with Crippen LogP contribution >= 0.6 is 9.47 Å². The van der Waals surface area contributed by atoms with Gasteiger partial charge in [0.2, 0.25) is 0 Å². The Morgan fingerprint density at radius 1 is 0.833 bits per heavy atom. The maximum absolute atomic E-state index is 4.90. The third-order valence-corrected chi connectivity index (χ3v) is 2.25. The smallest absolute Gasteiger partial charge is 0.0501 e. The number of hydrogen-bond donors (Lipinski definition) is 0. The molecule has 0 aliphatic carbocycles. The number of rotatable bonds is 9. The van der Waals surface area contributed by atoms with Crippen molar-refractivity contribution < 1.29 is 4.52 Å². The molecule has 0 fully saturated rings. The maximum atomic E-state index is 4.90. The Morgan fingerprint density at radius 2 is 1.33 bits per heavy atom. The highest BCUT2D eigenvalue weighted by Crippen LogP contribution is 2.08. The van der Waals surface area contributed by atoms with Gasteiger partial charge < -0.3 is 4.52 Å². The van der Waals surface area contributed by atoms with Gasteiger partial charge in [0.25, 0.3) is 0 Å². The summed E-state index contributed by atoms with van der Waals surface area (Å²) in [5.41, 5.74) is 0. The van der Waals surface area contributed by atoms with Crippen LogP contribution in [0.15, 0.2) is 0 Å². The van der Waals surface area contributed by atoms with Gasteiger partial charge in [0.15, 0.2) is 0 Å². The summed E-state index contributed by atoms with van der Waals surface area (Å²) in [6.07, 6.45) is 10.4. The van der Waals surface area contributed by atoms with Gasteiger partial charge in [-0.3, -0.25) is 0 Å². The minimum Gasteiger partial charge on any atom is -0.366 e. The van der Waals surface area contributed by atoms with E-state index in [1.807, 2.05) is 0 Å². The summed E-state index contributed by atoms with van der Waals surface area (Å²) in [5.74, 6) is 0. The van der Waals surface area contributed by atoms with Gasteiger partial charge in [-0.05, 0) is 6.42 Å². The third-order valence-electron chi connectivity index (χ3n) is 2.01. The van der Waals surface area contributed by atoms with Crippen LogP contribution in [0.25, 0.3) is 0 Å². The van der Waals surface area contributed by atoms with Crippen molar-refractivity contribution >= 4 is 9.47 Å². The van der Waals surface area contributed by atoms with E-state index < -0.39 is 0 Å². The number of unbranched alkanes of at least 4 members (excludes halogenated alkanes) is 7. The molecular weight excluding hydrogens is 167 g/mol. The van der Waals surface area contributed by atoms with Crippen molar-refractivity contribution in [2.24, 2.45) is 0 Å². The SMILES string of the molecule is [CH2]CCCCCCCCCOP. The highest BCUT2D eigenvalue weighted by atomic mass is 31.0. The predicted octanol–water partition coefficient (Wildman–Crippen LogP) is 3.75. The van der Waals surface area contributed by atoms with Crippen molar-refractivity contribution in [2.75, 3.05) is 6.61 Å². The second-order valence-electron chi connectivity index (χ2n) is 3.20. The molecule has 0 rings (SSSR count). The van der Waals surface area contributed by atoms with E-state index in [4.69, 9.17) is 4.52 Å². The molecule has 0 N–H and O–H groups in total. The normalized spacial score (nSPS) is 10.5. The fourth-order valence-corrected chi connectivity index (χ4v) is 1.41. The van der Waals surface area contributed by atoms with Gasteiger partial charge in [0.1, 0.15) is 0 Å². The lowest BCUT2D eigenvalue weighted by Crippen LogP contribution is -1.84. The zero-order valence-corrected chi connectivity index (χ0v) is 9.21. The monoisotopic (exact) mass is 189 g/mol. The lowest BCUT2D eigenvalue weighted by molar-refractivity contribution is 0.353. The summed E-state index contributed by atoms with van der Waals surface area (Å²) in [6, 6.07) is 0. The molecule has 1 atom stereocenters.